The van der Waals surface area contributed by atoms with Crippen LogP contribution in [0.1, 0.15) is 0 Å². The Balaban J connectivity index is -0.000000142. The van der Waals surface area contributed by atoms with Gasteiger partial charge in [-0.3, -0.25) is 4.79 Å². The minimum Gasteiger partial charge on any atom is -0.0623 e. The van der Waals surface area contributed by atoms with Crippen LogP contribution in [0.3, 0.4) is 0 Å². The van der Waals surface area contributed by atoms with Gasteiger partial charge in [-0.2, -0.15) is 0 Å². The summed E-state index contributed by atoms with van der Waals surface area (Å²) in [6.45, 7) is 2.89. The van der Waals surface area contributed by atoms with Crippen molar-refractivity contribution in [1.29, 1.82) is 0 Å². The average Bonchev–Trinajstić information content (AvgIpc) is 2.53. The first-order chi connectivity index (χ1) is 12.9. The molecule has 1 aliphatic rings. The quantitative estimate of drug-likeness (QED) is 0.329. The van der Waals surface area contributed by atoms with Crippen molar-refractivity contribution in [3.05, 3.63) is 36.4 Å². The first kappa shape index (κ1) is 37.0. The van der Waals surface area contributed by atoms with E-state index in [9.17, 15) is 56.6 Å². The van der Waals surface area contributed by atoms with E-state index in [0.717, 1.165) is 19.5 Å². The summed E-state index contributed by atoms with van der Waals surface area (Å²) in [7, 11) is -18.0. The van der Waals surface area contributed by atoms with Gasteiger partial charge < -0.3 is 61.4 Å². The summed E-state index contributed by atoms with van der Waals surface area (Å²) in [6, 6.07) is 12.0. The maximum Gasteiger partial charge on any atom is -0.0623 e. The molecule has 2 rings (SSSR count). The number of hydrogen-bond donors (Lipinski definition) is 0. The van der Waals surface area contributed by atoms with Crippen molar-refractivity contribution in [2.45, 2.75) is 0 Å². The van der Waals surface area contributed by atoms with Crippen LogP contribution < -0.4 is 0 Å². The van der Waals surface area contributed by atoms with E-state index in [1.54, 1.807) is 4.90 Å². The average molecular weight is 494 g/mol. The van der Waals surface area contributed by atoms with Crippen LogP contribution in [0.25, 0.3) is 0 Å². The van der Waals surface area contributed by atoms with Crippen LogP contribution in [-0.4, -0.2) is 111 Å². The Morgan fingerprint density at radius 1 is 0.600 bits per heavy atom. The van der Waals surface area contributed by atoms with Gasteiger partial charge in [0, 0.05) is 13.1 Å². The van der Waals surface area contributed by atoms with E-state index in [4.69, 9.17) is 4.74 Å². The number of carbonyl (C=O) groups is 1. The van der Waals surface area contributed by atoms with Crippen LogP contribution in [0.4, 0.5) is 51.8 Å². The molecule has 3 nitrogen and oxygen atoms in total. The first-order valence-corrected chi connectivity index (χ1v) is 7.32. The number of rotatable bonds is 1. The number of ether oxygens (including phenoxy) is 1. The van der Waals surface area contributed by atoms with Crippen LogP contribution in [0, 0.1) is 0 Å². The van der Waals surface area contributed by atoms with Gasteiger partial charge in [-0.15, -0.1) is 0 Å². The molecule has 1 aromatic rings. The Hall–Kier alpha value is -0.359. The molecule has 1 fully saturated rings. The normalized spacial score (nSPS) is 13.1. The maximum absolute atomic E-state index is 10.0. The van der Waals surface area contributed by atoms with Crippen molar-refractivity contribution in [3.8, 4) is 0 Å². The number of amides is 1. The van der Waals surface area contributed by atoms with Crippen LogP contribution >= 0.6 is 0 Å². The monoisotopic (exact) mass is 494 g/mol. The van der Waals surface area contributed by atoms with E-state index in [-0.39, 0.29) is 51.4 Å². The molecule has 30 heavy (non-hydrogen) atoms. The summed E-state index contributed by atoms with van der Waals surface area (Å²) in [5.41, 5.74) is 0. The Morgan fingerprint density at radius 2 is 0.800 bits per heavy atom. The third-order valence-corrected chi connectivity index (χ3v) is 1.86. The van der Waals surface area contributed by atoms with Crippen LogP contribution in [0.15, 0.2) is 36.4 Å². The molecule has 1 heterocycles. The van der Waals surface area contributed by atoms with Crippen molar-refractivity contribution < 1.29 is 61.3 Å². The summed E-state index contributed by atoms with van der Waals surface area (Å²) in [5, 5.41) is 0. The van der Waals surface area contributed by atoms with Gasteiger partial charge >= 0.3 is 73.1 Å². The van der Waals surface area contributed by atoms with Crippen LogP contribution in [0.5, 0.6) is 0 Å². The van der Waals surface area contributed by atoms with Crippen molar-refractivity contribution in [3.63, 3.8) is 0 Å². The molecule has 0 radical (unpaired) electrons. The molecule has 1 saturated heterocycles. The molecule has 19 heteroatoms. The minimum absolute atomic E-state index is 0. The third kappa shape index (κ3) is 80.2. The second kappa shape index (κ2) is 20.5. The zero-order chi connectivity index (χ0) is 23.6. The van der Waals surface area contributed by atoms with Gasteiger partial charge in [0.05, 0.1) is 13.2 Å². The molecule has 0 bridgehead atoms. The van der Waals surface area contributed by atoms with Gasteiger partial charge in [-0.05, 0) is 0 Å². The summed E-state index contributed by atoms with van der Waals surface area (Å²) < 4.78 is 122. The second-order valence-corrected chi connectivity index (χ2v) is 4.39. The Kier molecular flexibility index (Phi) is 25.3. The summed E-state index contributed by atoms with van der Waals surface area (Å²) >= 11 is 0. The van der Waals surface area contributed by atoms with E-state index >= 15 is 0 Å². The molecular formula is C11H16B3F12KNO2-3. The molecule has 0 N–H and O–H groups in total. The fraction of sp³-hybridized carbons (Fsp3) is 0.364. The van der Waals surface area contributed by atoms with Crippen molar-refractivity contribution in [1.82, 2.24) is 4.90 Å². The van der Waals surface area contributed by atoms with Gasteiger partial charge in [0.2, 0.25) is 6.41 Å². The summed E-state index contributed by atoms with van der Waals surface area (Å²) in [6.07, 6.45) is 0.864. The fourth-order valence-corrected chi connectivity index (χ4v) is 1.07. The molecule has 0 aliphatic carbocycles. The molecule has 1 aromatic carbocycles. The summed E-state index contributed by atoms with van der Waals surface area (Å²) in [4.78, 5) is 11.7. The third-order valence-electron chi connectivity index (χ3n) is 1.86. The van der Waals surface area contributed by atoms with E-state index in [0.29, 0.717) is 13.2 Å². The summed E-state index contributed by atoms with van der Waals surface area (Å²) in [5.74, 6) is 0. The number of hydrogen-bond acceptors (Lipinski definition) is 2. The van der Waals surface area contributed by atoms with Gasteiger partial charge in [0.1, 0.15) is 0 Å². The van der Waals surface area contributed by atoms with Gasteiger partial charge in [-0.1, -0.05) is 36.4 Å². The number of carbonyl (C=O) groups excluding carboxylic acids is 1. The molecule has 0 aromatic heterocycles. The van der Waals surface area contributed by atoms with E-state index in [1.807, 2.05) is 36.4 Å². The zero-order valence-corrected chi connectivity index (χ0v) is 14.4. The number of morpholine rings is 1. The smallest absolute Gasteiger partial charge is 0.0623 e. The molecular weight excluding hydrogens is 478 g/mol. The molecule has 1 amide bonds. The standard InChI is InChI=1S/C6H6.C5H9NO2.3BF4.K.H/c1-2-4-6-5-3-1;7-5-6-1-3-8-4-2-6;3*2-1(3,4)5;;/h1-6H;5H,1-4H2;;;;;/q;;3*-1;;. The number of nitrogens with zero attached hydrogens (tertiary/aromatic N) is 1. The van der Waals surface area contributed by atoms with Crippen molar-refractivity contribution in [2.24, 2.45) is 0 Å². The van der Waals surface area contributed by atoms with Crippen molar-refractivity contribution in [2.75, 3.05) is 26.3 Å². The van der Waals surface area contributed by atoms with E-state index < -0.39 is 21.8 Å². The maximum atomic E-state index is 10.0. The molecule has 174 valence electrons. The Labute approximate surface area is 207 Å². The SMILES string of the molecule is F[B-](F)(F)F.F[B-](F)(F)F.F[B-](F)(F)F.O=CN1CCOCC1.[KH].c1ccccc1. The van der Waals surface area contributed by atoms with E-state index in [1.165, 1.54) is 0 Å². The predicted molar refractivity (Wildman–Crippen MR) is 92.6 cm³/mol. The van der Waals surface area contributed by atoms with Gasteiger partial charge in [-0.25, -0.2) is 0 Å². The fourth-order valence-electron chi connectivity index (χ4n) is 1.07. The predicted octanol–water partition coefficient (Wildman–Crippen LogP) is 4.41. The Morgan fingerprint density at radius 3 is 0.933 bits per heavy atom. The topological polar surface area (TPSA) is 29.5 Å². The number of benzene rings is 1. The van der Waals surface area contributed by atoms with Crippen LogP contribution in [0.2, 0.25) is 0 Å². The van der Waals surface area contributed by atoms with Crippen molar-refractivity contribution >= 4 is 79.6 Å². The zero-order valence-electron chi connectivity index (χ0n) is 14.4. The molecule has 0 atom stereocenters. The molecule has 1 aliphatic heterocycles. The molecule has 0 unspecified atom stereocenters. The molecule has 0 spiro atoms. The first-order valence-electron chi connectivity index (χ1n) is 7.32. The van der Waals surface area contributed by atoms with Gasteiger partial charge in [0.15, 0.2) is 0 Å². The van der Waals surface area contributed by atoms with Crippen LogP contribution in [-0.2, 0) is 9.53 Å². The largest absolute Gasteiger partial charge is 0.0623 e. The number of halogens is 12. The van der Waals surface area contributed by atoms with E-state index in [2.05, 4.69) is 0 Å². The van der Waals surface area contributed by atoms with Gasteiger partial charge in [0.25, 0.3) is 0 Å². The molecule has 0 saturated carbocycles. The Bertz CT molecular complexity index is 414. The second-order valence-electron chi connectivity index (χ2n) is 4.39. The minimum atomic E-state index is -6.00.